The van der Waals surface area contributed by atoms with Crippen LogP contribution < -0.4 is 5.32 Å². The monoisotopic (exact) mass is 303 g/mol. The Morgan fingerprint density at radius 1 is 1.19 bits per heavy atom. The average molecular weight is 303 g/mol. The Hall–Kier alpha value is -1.19. The Morgan fingerprint density at radius 2 is 2.05 bits per heavy atom. The number of hydrogen-bond acceptors (Lipinski definition) is 3. The average Bonchev–Trinajstić information content (AvgIpc) is 2.99. The van der Waals surface area contributed by atoms with Crippen LogP contribution in [0.1, 0.15) is 41.8 Å². The minimum absolute atomic E-state index is 0.407. The highest BCUT2D eigenvalue weighted by Gasteiger charge is 2.12. The van der Waals surface area contributed by atoms with Crippen molar-refractivity contribution in [2.75, 3.05) is 12.3 Å². The molecule has 1 unspecified atom stereocenters. The molecule has 3 heteroatoms. The van der Waals surface area contributed by atoms with Crippen LogP contribution >= 0.6 is 11.8 Å². The van der Waals surface area contributed by atoms with Gasteiger partial charge in [-0.05, 0) is 55.6 Å². The molecule has 0 bridgehead atoms. The fourth-order valence-electron chi connectivity index (χ4n) is 2.25. The molecule has 0 aliphatic carbocycles. The topological polar surface area (TPSA) is 25.2 Å². The van der Waals surface area contributed by atoms with E-state index in [1.165, 1.54) is 16.7 Å². The first-order chi connectivity index (χ1) is 10.2. The second-order valence-electron chi connectivity index (χ2n) is 5.44. The van der Waals surface area contributed by atoms with Crippen molar-refractivity contribution in [3.05, 3.63) is 59.0 Å². The predicted molar refractivity (Wildman–Crippen MR) is 91.8 cm³/mol. The normalized spacial score (nSPS) is 12.5. The van der Waals surface area contributed by atoms with Gasteiger partial charge in [-0.2, -0.15) is 11.8 Å². The lowest BCUT2D eigenvalue weighted by molar-refractivity contribution is 0.529. The number of thioether (sulfide) groups is 1. The maximum absolute atomic E-state index is 5.40. The van der Waals surface area contributed by atoms with Crippen LogP contribution in [0, 0.1) is 13.8 Å². The Bertz CT molecular complexity index is 536. The van der Waals surface area contributed by atoms with Crippen LogP contribution in [0.2, 0.25) is 0 Å². The largest absolute Gasteiger partial charge is 0.468 e. The van der Waals surface area contributed by atoms with Crippen molar-refractivity contribution >= 4 is 11.8 Å². The van der Waals surface area contributed by atoms with Crippen LogP contribution in [0.25, 0.3) is 0 Å². The highest BCUT2D eigenvalue weighted by molar-refractivity contribution is 7.98. The summed E-state index contributed by atoms with van der Waals surface area (Å²) in [7, 11) is 0. The van der Waals surface area contributed by atoms with E-state index in [1.54, 1.807) is 6.26 Å². The molecule has 2 rings (SSSR count). The molecule has 1 heterocycles. The molecule has 0 radical (unpaired) electrons. The van der Waals surface area contributed by atoms with E-state index in [0.717, 1.165) is 30.2 Å². The van der Waals surface area contributed by atoms with Crippen LogP contribution in [0.3, 0.4) is 0 Å². The van der Waals surface area contributed by atoms with Crippen LogP contribution in [-0.2, 0) is 5.75 Å². The molecule has 0 aliphatic heterocycles. The summed E-state index contributed by atoms with van der Waals surface area (Å²) in [4.78, 5) is 0. The van der Waals surface area contributed by atoms with Crippen molar-refractivity contribution in [1.82, 2.24) is 5.32 Å². The van der Waals surface area contributed by atoms with E-state index in [0.29, 0.717) is 6.04 Å². The molecule has 0 fully saturated rings. The first kappa shape index (κ1) is 16.2. The fraction of sp³-hybridized carbons (Fsp3) is 0.444. The van der Waals surface area contributed by atoms with Gasteiger partial charge in [0, 0.05) is 11.8 Å². The number of furan rings is 1. The zero-order valence-corrected chi connectivity index (χ0v) is 14.0. The van der Waals surface area contributed by atoms with E-state index in [9.17, 15) is 0 Å². The molecule has 1 N–H and O–H groups in total. The van der Waals surface area contributed by atoms with Gasteiger partial charge in [-0.25, -0.2) is 0 Å². The molecule has 0 saturated heterocycles. The van der Waals surface area contributed by atoms with E-state index < -0.39 is 0 Å². The minimum atomic E-state index is 0.407. The van der Waals surface area contributed by atoms with Gasteiger partial charge in [0.1, 0.15) is 5.76 Å². The van der Waals surface area contributed by atoms with Gasteiger partial charge < -0.3 is 9.73 Å². The van der Waals surface area contributed by atoms with E-state index in [2.05, 4.69) is 44.3 Å². The lowest BCUT2D eigenvalue weighted by Gasteiger charge is -2.19. The van der Waals surface area contributed by atoms with Gasteiger partial charge in [-0.15, -0.1) is 0 Å². The summed E-state index contributed by atoms with van der Waals surface area (Å²) < 4.78 is 5.40. The van der Waals surface area contributed by atoms with Crippen molar-refractivity contribution in [2.24, 2.45) is 0 Å². The Balaban J connectivity index is 1.97. The molecule has 0 spiro atoms. The molecule has 2 nitrogen and oxygen atoms in total. The molecule has 0 amide bonds. The molecule has 1 aromatic heterocycles. The van der Waals surface area contributed by atoms with Gasteiger partial charge in [-0.1, -0.05) is 25.1 Å². The number of hydrogen-bond donors (Lipinski definition) is 1. The molecule has 0 aliphatic rings. The smallest absolute Gasteiger partial charge is 0.113 e. The standard InChI is InChI=1S/C18H25NOS/c1-4-9-19-18(13-21-12-17-6-5-10-20-17)16-8-7-14(2)15(3)11-16/h5-8,10-11,18-19H,4,9,12-13H2,1-3H3. The summed E-state index contributed by atoms with van der Waals surface area (Å²) in [6.07, 6.45) is 2.90. The summed E-state index contributed by atoms with van der Waals surface area (Å²) in [5, 5.41) is 3.66. The maximum atomic E-state index is 5.40. The number of aryl methyl sites for hydroxylation is 2. The number of nitrogens with one attached hydrogen (secondary N) is 1. The van der Waals surface area contributed by atoms with Gasteiger partial charge in [0.15, 0.2) is 0 Å². The van der Waals surface area contributed by atoms with Gasteiger partial charge in [0.2, 0.25) is 0 Å². The summed E-state index contributed by atoms with van der Waals surface area (Å²) in [6.45, 7) is 7.62. The van der Waals surface area contributed by atoms with Gasteiger partial charge in [0.25, 0.3) is 0 Å². The van der Waals surface area contributed by atoms with Crippen LogP contribution in [-0.4, -0.2) is 12.3 Å². The minimum Gasteiger partial charge on any atom is -0.468 e. The third kappa shape index (κ3) is 4.94. The summed E-state index contributed by atoms with van der Waals surface area (Å²) in [5.74, 6) is 3.04. The molecule has 1 atom stereocenters. The maximum Gasteiger partial charge on any atom is 0.113 e. The van der Waals surface area contributed by atoms with Gasteiger partial charge in [-0.3, -0.25) is 0 Å². The molecule has 0 saturated carbocycles. The van der Waals surface area contributed by atoms with Crippen LogP contribution in [0.5, 0.6) is 0 Å². The first-order valence-electron chi connectivity index (χ1n) is 7.61. The zero-order chi connectivity index (χ0) is 15.1. The summed E-state index contributed by atoms with van der Waals surface area (Å²) in [5.41, 5.74) is 4.11. The molecule has 1 aromatic carbocycles. The molecular formula is C18H25NOS. The highest BCUT2D eigenvalue weighted by atomic mass is 32.2. The van der Waals surface area contributed by atoms with Crippen LogP contribution in [0.4, 0.5) is 0 Å². The second-order valence-corrected chi connectivity index (χ2v) is 6.48. The first-order valence-corrected chi connectivity index (χ1v) is 8.77. The quantitative estimate of drug-likeness (QED) is 0.753. The number of rotatable bonds is 8. The van der Waals surface area contributed by atoms with E-state index in [-0.39, 0.29) is 0 Å². The van der Waals surface area contributed by atoms with E-state index >= 15 is 0 Å². The third-order valence-corrected chi connectivity index (χ3v) is 4.74. The molecule has 114 valence electrons. The van der Waals surface area contributed by atoms with Crippen molar-refractivity contribution < 1.29 is 4.42 Å². The van der Waals surface area contributed by atoms with Crippen LogP contribution in [0.15, 0.2) is 41.0 Å². The molecule has 2 aromatic rings. The van der Waals surface area contributed by atoms with Gasteiger partial charge in [0.05, 0.1) is 12.0 Å². The lowest BCUT2D eigenvalue weighted by Crippen LogP contribution is -2.24. The lowest BCUT2D eigenvalue weighted by atomic mass is 10.0. The van der Waals surface area contributed by atoms with E-state index in [4.69, 9.17) is 4.42 Å². The predicted octanol–water partition coefficient (Wildman–Crippen LogP) is 4.87. The Kier molecular flexibility index (Phi) is 6.40. The summed E-state index contributed by atoms with van der Waals surface area (Å²) in [6, 6.07) is 11.2. The SMILES string of the molecule is CCCNC(CSCc1ccco1)c1ccc(C)c(C)c1. The molecule has 21 heavy (non-hydrogen) atoms. The third-order valence-electron chi connectivity index (χ3n) is 3.68. The molecular weight excluding hydrogens is 278 g/mol. The van der Waals surface area contributed by atoms with Crippen molar-refractivity contribution in [3.8, 4) is 0 Å². The fourth-order valence-corrected chi connectivity index (χ4v) is 3.27. The van der Waals surface area contributed by atoms with Crippen molar-refractivity contribution in [3.63, 3.8) is 0 Å². The van der Waals surface area contributed by atoms with Crippen molar-refractivity contribution in [2.45, 2.75) is 39.0 Å². The van der Waals surface area contributed by atoms with Crippen molar-refractivity contribution in [1.29, 1.82) is 0 Å². The zero-order valence-electron chi connectivity index (χ0n) is 13.2. The number of benzene rings is 1. The van der Waals surface area contributed by atoms with Gasteiger partial charge >= 0.3 is 0 Å². The highest BCUT2D eigenvalue weighted by Crippen LogP contribution is 2.23. The second kappa shape index (κ2) is 8.30. The Morgan fingerprint density at radius 3 is 2.71 bits per heavy atom. The summed E-state index contributed by atoms with van der Waals surface area (Å²) >= 11 is 1.92. The van der Waals surface area contributed by atoms with E-state index in [1.807, 2.05) is 23.9 Å². The Labute approximate surface area is 132 Å².